The van der Waals surface area contributed by atoms with Crippen LogP contribution in [0.15, 0.2) is 53.7 Å². The quantitative estimate of drug-likeness (QED) is 0.524. The van der Waals surface area contributed by atoms with E-state index in [2.05, 4.69) is 51.6 Å². The molecule has 2 aliphatic rings. The van der Waals surface area contributed by atoms with Gasteiger partial charge in [0.1, 0.15) is 0 Å². The van der Waals surface area contributed by atoms with Gasteiger partial charge in [0, 0.05) is 44.1 Å². The van der Waals surface area contributed by atoms with E-state index in [9.17, 15) is 14.7 Å². The zero-order valence-corrected chi connectivity index (χ0v) is 20.3. The number of aryl methyl sites for hydroxylation is 1. The van der Waals surface area contributed by atoms with Gasteiger partial charge in [-0.25, -0.2) is 9.59 Å². The van der Waals surface area contributed by atoms with E-state index in [4.69, 9.17) is 9.47 Å². The molecule has 2 heterocycles. The molecule has 0 aromatic heterocycles. The fraction of sp³-hybridized carbons (Fsp3) is 0.385. The maximum absolute atomic E-state index is 12.9. The number of nitrogens with zero attached hydrogens (tertiary/aromatic N) is 2. The third-order valence-electron chi connectivity index (χ3n) is 6.33. The monoisotopic (exact) mass is 480 g/mol. The van der Waals surface area contributed by atoms with Crippen LogP contribution in [0.3, 0.4) is 0 Å². The molecular weight excluding hydrogens is 448 g/mol. The van der Waals surface area contributed by atoms with Gasteiger partial charge in [-0.1, -0.05) is 23.8 Å². The summed E-state index contributed by atoms with van der Waals surface area (Å²) in [5, 5.41) is 15.7. The van der Waals surface area contributed by atoms with Crippen LogP contribution >= 0.6 is 0 Å². The summed E-state index contributed by atoms with van der Waals surface area (Å²) in [4.78, 5) is 30.0. The third-order valence-corrected chi connectivity index (χ3v) is 6.33. The Morgan fingerprint density at radius 3 is 2.49 bits per heavy atom. The number of phenolic OH excluding ortho intramolecular Hbond substituents is 1. The summed E-state index contributed by atoms with van der Waals surface area (Å²) in [7, 11) is 1.32. The van der Waals surface area contributed by atoms with Crippen molar-refractivity contribution in [3.8, 4) is 11.5 Å². The van der Waals surface area contributed by atoms with Gasteiger partial charge in [0.15, 0.2) is 11.5 Å². The first-order valence-electron chi connectivity index (χ1n) is 11.8. The average Bonchev–Trinajstić information content (AvgIpc) is 2.86. The van der Waals surface area contributed by atoms with Crippen molar-refractivity contribution in [3.05, 3.63) is 64.9 Å². The normalized spacial score (nSPS) is 18.7. The number of anilines is 1. The number of hydrogen-bond donors (Lipinski definition) is 3. The van der Waals surface area contributed by atoms with Crippen molar-refractivity contribution in [2.24, 2.45) is 0 Å². The molecule has 1 saturated heterocycles. The second-order valence-corrected chi connectivity index (χ2v) is 8.67. The number of piperazine rings is 1. The lowest BCUT2D eigenvalue weighted by atomic mass is 9.94. The molecule has 2 aromatic rings. The number of benzene rings is 2. The maximum Gasteiger partial charge on any atom is 0.338 e. The highest BCUT2D eigenvalue weighted by Crippen LogP contribution is 2.34. The molecule has 0 aliphatic carbocycles. The molecule has 186 valence electrons. The number of nitrogens with one attached hydrogen (secondary N) is 2. The summed E-state index contributed by atoms with van der Waals surface area (Å²) < 4.78 is 10.6. The molecule has 9 heteroatoms. The number of urea groups is 1. The van der Waals surface area contributed by atoms with Gasteiger partial charge in [0.05, 0.1) is 25.3 Å². The molecule has 3 N–H and O–H groups in total. The highest BCUT2D eigenvalue weighted by Gasteiger charge is 2.35. The summed E-state index contributed by atoms with van der Waals surface area (Å²) in [6.45, 7) is 7.92. The number of carbonyl (C=O) groups is 2. The molecule has 4 rings (SSSR count). The van der Waals surface area contributed by atoms with Gasteiger partial charge >= 0.3 is 12.0 Å². The van der Waals surface area contributed by atoms with E-state index < -0.39 is 18.0 Å². The van der Waals surface area contributed by atoms with Crippen LogP contribution in [0.4, 0.5) is 10.5 Å². The van der Waals surface area contributed by atoms with Crippen LogP contribution < -0.4 is 20.3 Å². The lowest BCUT2D eigenvalue weighted by Gasteiger charge is -2.38. The number of methoxy groups -OCH3 is 1. The first kappa shape index (κ1) is 24.4. The molecule has 9 nitrogen and oxygen atoms in total. The molecule has 1 atom stereocenters. The molecule has 1 fully saturated rings. The zero-order chi connectivity index (χ0) is 24.9. The SMILES string of the molecule is CCOc1cc([C@H]2NC(=O)NC(CN3CCN(c4ccc(C)cc4)CC3)=C2C(=O)OC)ccc1O. The number of ether oxygens (including phenoxy) is 2. The minimum absolute atomic E-state index is 0.00821. The largest absolute Gasteiger partial charge is 0.504 e. The fourth-order valence-electron chi connectivity index (χ4n) is 4.47. The van der Waals surface area contributed by atoms with Crippen molar-refractivity contribution in [2.75, 3.05) is 51.3 Å². The van der Waals surface area contributed by atoms with Crippen LogP contribution in [0, 0.1) is 6.92 Å². The van der Waals surface area contributed by atoms with Gasteiger partial charge in [-0.3, -0.25) is 4.90 Å². The predicted molar refractivity (Wildman–Crippen MR) is 133 cm³/mol. The van der Waals surface area contributed by atoms with Crippen molar-refractivity contribution in [3.63, 3.8) is 0 Å². The Labute approximate surface area is 205 Å². The van der Waals surface area contributed by atoms with E-state index in [1.807, 2.05) is 6.92 Å². The zero-order valence-electron chi connectivity index (χ0n) is 20.3. The highest BCUT2D eigenvalue weighted by atomic mass is 16.5. The molecule has 0 unspecified atom stereocenters. The Hall–Kier alpha value is -3.72. The van der Waals surface area contributed by atoms with Crippen LogP contribution in [-0.2, 0) is 9.53 Å². The molecule has 0 bridgehead atoms. The summed E-state index contributed by atoms with van der Waals surface area (Å²) in [5.41, 5.74) is 3.88. The van der Waals surface area contributed by atoms with Crippen molar-refractivity contribution in [1.29, 1.82) is 0 Å². The van der Waals surface area contributed by atoms with E-state index in [-0.39, 0.29) is 11.5 Å². The molecule has 0 spiro atoms. The Bertz CT molecular complexity index is 1110. The molecule has 0 radical (unpaired) electrons. The number of hydrogen-bond acceptors (Lipinski definition) is 7. The summed E-state index contributed by atoms with van der Waals surface area (Å²) in [6, 6.07) is 12.1. The van der Waals surface area contributed by atoms with Crippen LogP contribution in [-0.4, -0.2) is 68.4 Å². The van der Waals surface area contributed by atoms with Gasteiger partial charge in [-0.2, -0.15) is 0 Å². The van der Waals surface area contributed by atoms with Crippen molar-refractivity contribution >= 4 is 17.7 Å². The van der Waals surface area contributed by atoms with Gasteiger partial charge < -0.3 is 30.1 Å². The molecule has 0 saturated carbocycles. The van der Waals surface area contributed by atoms with E-state index >= 15 is 0 Å². The molecule has 35 heavy (non-hydrogen) atoms. The maximum atomic E-state index is 12.9. The second-order valence-electron chi connectivity index (χ2n) is 8.67. The van der Waals surface area contributed by atoms with E-state index in [0.29, 0.717) is 30.0 Å². The number of esters is 1. The van der Waals surface area contributed by atoms with Gasteiger partial charge in [-0.15, -0.1) is 0 Å². The van der Waals surface area contributed by atoms with Crippen LogP contribution in [0.1, 0.15) is 24.1 Å². The third kappa shape index (κ3) is 5.51. The number of rotatable bonds is 7. The van der Waals surface area contributed by atoms with Crippen molar-refractivity contribution in [1.82, 2.24) is 15.5 Å². The first-order chi connectivity index (χ1) is 16.9. The van der Waals surface area contributed by atoms with Crippen LogP contribution in [0.5, 0.6) is 11.5 Å². The fourth-order valence-corrected chi connectivity index (χ4v) is 4.47. The molecule has 2 amide bonds. The van der Waals surface area contributed by atoms with E-state index in [1.165, 1.54) is 24.4 Å². The first-order valence-corrected chi connectivity index (χ1v) is 11.8. The lowest BCUT2D eigenvalue weighted by molar-refractivity contribution is -0.136. The standard InChI is InChI=1S/C26H32N4O5/c1-4-35-22-15-18(7-10-21(22)31)24-23(25(32)34-3)20(27-26(33)28-24)16-29-11-13-30(14-12-29)19-8-5-17(2)6-9-19/h5-10,15,24,31H,4,11-14,16H2,1-3H3,(H2,27,28,33)/t24-/m1/s1. The second kappa shape index (κ2) is 10.7. The lowest BCUT2D eigenvalue weighted by Crippen LogP contribution is -2.51. The van der Waals surface area contributed by atoms with Gasteiger partial charge in [0.2, 0.25) is 0 Å². The van der Waals surface area contributed by atoms with Crippen molar-refractivity contribution < 1.29 is 24.2 Å². The number of phenols is 1. The summed E-state index contributed by atoms with van der Waals surface area (Å²) >= 11 is 0. The topological polar surface area (TPSA) is 103 Å². The smallest absolute Gasteiger partial charge is 0.338 e. The molecular formula is C26H32N4O5. The minimum Gasteiger partial charge on any atom is -0.504 e. The van der Waals surface area contributed by atoms with Gasteiger partial charge in [-0.05, 0) is 43.7 Å². The van der Waals surface area contributed by atoms with E-state index in [1.54, 1.807) is 12.1 Å². The Morgan fingerprint density at radius 1 is 1.11 bits per heavy atom. The number of aromatic hydroxyl groups is 1. The Kier molecular flexibility index (Phi) is 7.45. The summed E-state index contributed by atoms with van der Waals surface area (Å²) in [5.74, 6) is -0.247. The van der Waals surface area contributed by atoms with Crippen LogP contribution in [0.25, 0.3) is 0 Å². The van der Waals surface area contributed by atoms with E-state index in [0.717, 1.165) is 26.2 Å². The Balaban J connectivity index is 1.56. The summed E-state index contributed by atoms with van der Waals surface area (Å²) in [6.07, 6.45) is 0. The van der Waals surface area contributed by atoms with Crippen molar-refractivity contribution in [2.45, 2.75) is 19.9 Å². The van der Waals surface area contributed by atoms with Crippen LogP contribution in [0.2, 0.25) is 0 Å². The number of amides is 2. The average molecular weight is 481 g/mol. The Morgan fingerprint density at radius 2 is 1.83 bits per heavy atom. The number of carbonyl (C=O) groups excluding carboxylic acids is 2. The molecule has 2 aromatic carbocycles. The predicted octanol–water partition coefficient (Wildman–Crippen LogP) is 2.70. The van der Waals surface area contributed by atoms with Gasteiger partial charge in [0.25, 0.3) is 0 Å². The molecule has 2 aliphatic heterocycles. The minimum atomic E-state index is -0.736. The highest BCUT2D eigenvalue weighted by molar-refractivity contribution is 5.95.